The molecule has 376 valence electrons. The molecule has 2 N–H and O–H groups in total. The number of hydrogen-bond acceptors (Lipinski definition) is 6. The molecule has 0 bridgehead atoms. The van der Waals surface area contributed by atoms with E-state index in [9.17, 15) is 17.8 Å². The molecule has 0 aliphatic carbocycles. The number of carboxylic acids is 1. The standard InChI is InChI=1S/C18H38O4S.C18H36O2.C18H38O.Na/c1-4-5-6-7-8-9-12-17(2)13-10-14-18(3)15-11-16-22-23(19,20)21;1-4-5-6-7-8-9-11-16(2)12-10-13-17(3)14-15-18(19)20;1-4-5-6-7-8-9-12-17(2)13-10-14-18(3)15-11-16-19;/h17-18H,4-16H2,1-3H3,(H,19,20,21);16-17H,4-15H2,1-3H3,(H,19,20);17-19H,4-16H2,1-3H3;/q;;;+1/p-1. The van der Waals surface area contributed by atoms with E-state index in [0.717, 1.165) is 42.9 Å². The number of carboxylic acid groups (broad SMARTS) is 1. The van der Waals surface area contributed by atoms with Gasteiger partial charge in [-0.3, -0.25) is 8.98 Å². The fourth-order valence-electron chi connectivity index (χ4n) is 8.53. The SMILES string of the molecule is CCCCCCCCC(C)CCCC(C)CCC(=O)O.CCCCCCCCC(C)CCCC(C)CCCO.CCCCCCCCC(C)CCCC(C)CCCOS(=O)(=O)[O-].[Na+]. The smallest absolute Gasteiger partial charge is 0.726 e. The average molecular weight is 928 g/mol. The Labute approximate surface area is 417 Å². The van der Waals surface area contributed by atoms with Crippen LogP contribution in [-0.4, -0.2) is 42.4 Å². The van der Waals surface area contributed by atoms with Gasteiger partial charge in [0.2, 0.25) is 10.4 Å². The maximum atomic E-state index is 10.5. The quantitative estimate of drug-likeness (QED) is 0.0270. The van der Waals surface area contributed by atoms with Crippen LogP contribution in [0.25, 0.3) is 0 Å². The van der Waals surface area contributed by atoms with Gasteiger partial charge in [-0.05, 0) is 67.6 Å². The van der Waals surface area contributed by atoms with Gasteiger partial charge in [-0.25, -0.2) is 8.42 Å². The summed E-state index contributed by atoms with van der Waals surface area (Å²) >= 11 is 0. The summed E-state index contributed by atoms with van der Waals surface area (Å²) in [5.74, 6) is 3.83. The molecule has 0 heterocycles. The summed E-state index contributed by atoms with van der Waals surface area (Å²) in [6.07, 6.45) is 45.7. The summed E-state index contributed by atoms with van der Waals surface area (Å²) in [5, 5.41) is 17.5. The van der Waals surface area contributed by atoms with E-state index >= 15 is 0 Å². The van der Waals surface area contributed by atoms with Crippen molar-refractivity contribution < 1.29 is 61.7 Å². The fourth-order valence-corrected chi connectivity index (χ4v) is 8.85. The zero-order valence-corrected chi connectivity index (χ0v) is 47.0. The van der Waals surface area contributed by atoms with Crippen LogP contribution in [0.4, 0.5) is 0 Å². The van der Waals surface area contributed by atoms with Crippen molar-refractivity contribution in [3.63, 3.8) is 0 Å². The van der Waals surface area contributed by atoms with Crippen LogP contribution in [0.5, 0.6) is 0 Å². The van der Waals surface area contributed by atoms with E-state index in [-0.39, 0.29) is 36.2 Å². The molecule has 0 amide bonds. The molecule has 0 aliphatic rings. The van der Waals surface area contributed by atoms with Crippen LogP contribution in [0.15, 0.2) is 0 Å². The van der Waals surface area contributed by atoms with Crippen molar-refractivity contribution in [2.45, 2.75) is 293 Å². The molecule has 0 spiro atoms. The molecule has 0 radical (unpaired) electrons. The van der Waals surface area contributed by atoms with E-state index in [1.54, 1.807) is 0 Å². The normalized spacial score (nSPS) is 14.3. The minimum atomic E-state index is -4.52. The fraction of sp³-hybridized carbons (Fsp3) is 0.981. The van der Waals surface area contributed by atoms with E-state index in [0.29, 0.717) is 31.3 Å². The average Bonchev–Trinajstić information content (AvgIpc) is 3.22. The molecule has 0 aromatic carbocycles. The van der Waals surface area contributed by atoms with Crippen molar-refractivity contribution in [1.29, 1.82) is 0 Å². The van der Waals surface area contributed by atoms with Crippen LogP contribution in [0.3, 0.4) is 0 Å². The number of aliphatic hydroxyl groups is 1. The van der Waals surface area contributed by atoms with E-state index in [1.165, 1.54) is 199 Å². The van der Waals surface area contributed by atoms with Gasteiger partial charge in [0, 0.05) is 13.0 Å². The van der Waals surface area contributed by atoms with Crippen molar-refractivity contribution >= 4 is 16.4 Å². The van der Waals surface area contributed by atoms with Crippen molar-refractivity contribution in [1.82, 2.24) is 0 Å². The number of rotatable bonds is 44. The summed E-state index contributed by atoms with van der Waals surface area (Å²) in [7, 11) is -4.52. The summed E-state index contributed by atoms with van der Waals surface area (Å²) in [5.41, 5.74) is 0. The minimum Gasteiger partial charge on any atom is -0.726 e. The molecule has 0 aromatic rings. The van der Waals surface area contributed by atoms with E-state index < -0.39 is 16.4 Å². The molecule has 63 heavy (non-hydrogen) atoms. The van der Waals surface area contributed by atoms with Gasteiger partial charge in [-0.15, -0.1) is 0 Å². The second-order valence-corrected chi connectivity index (χ2v) is 21.3. The molecule has 0 aliphatic heterocycles. The van der Waals surface area contributed by atoms with E-state index in [2.05, 4.69) is 66.5 Å². The topological polar surface area (TPSA) is 124 Å². The zero-order chi connectivity index (χ0) is 47.1. The molecular weight excluding hydrogens is 816 g/mol. The Bertz CT molecular complexity index is 997. The van der Waals surface area contributed by atoms with Crippen molar-refractivity contribution in [3.8, 4) is 0 Å². The maximum Gasteiger partial charge on any atom is 1.00 e. The second-order valence-electron chi connectivity index (χ2n) is 20.3. The van der Waals surface area contributed by atoms with Crippen LogP contribution in [0, 0.1) is 35.5 Å². The van der Waals surface area contributed by atoms with Crippen molar-refractivity contribution in [2.24, 2.45) is 35.5 Å². The first-order chi connectivity index (χ1) is 29.6. The third kappa shape index (κ3) is 64.4. The Morgan fingerprint density at radius 3 is 0.968 bits per heavy atom. The molecule has 0 saturated heterocycles. The second kappa shape index (κ2) is 53.3. The molecule has 0 saturated carbocycles. The molecule has 6 atom stereocenters. The maximum absolute atomic E-state index is 10.5. The van der Waals surface area contributed by atoms with Gasteiger partial charge >= 0.3 is 35.5 Å². The first kappa shape index (κ1) is 69.9. The molecule has 9 heteroatoms. The Balaban J connectivity index is -0.000000413. The Morgan fingerprint density at radius 2 is 0.683 bits per heavy atom. The molecule has 6 unspecified atom stereocenters. The summed E-state index contributed by atoms with van der Waals surface area (Å²) in [4.78, 5) is 10.5. The Kier molecular flexibility index (Phi) is 59.1. The van der Waals surface area contributed by atoms with E-state index in [4.69, 9.17) is 10.2 Å². The van der Waals surface area contributed by atoms with Crippen LogP contribution in [0.1, 0.15) is 293 Å². The van der Waals surface area contributed by atoms with Gasteiger partial charge in [0.25, 0.3) is 0 Å². The number of hydrogen-bond donors (Lipinski definition) is 2. The Morgan fingerprint density at radius 1 is 0.429 bits per heavy atom. The monoisotopic (exact) mass is 927 g/mol. The van der Waals surface area contributed by atoms with Crippen LogP contribution >= 0.6 is 0 Å². The van der Waals surface area contributed by atoms with Gasteiger partial charge < -0.3 is 14.8 Å². The van der Waals surface area contributed by atoms with Crippen molar-refractivity contribution in [3.05, 3.63) is 0 Å². The third-order valence-corrected chi connectivity index (χ3v) is 13.6. The first-order valence-corrected chi connectivity index (χ1v) is 28.4. The van der Waals surface area contributed by atoms with Gasteiger partial charge in [-0.1, -0.05) is 255 Å². The van der Waals surface area contributed by atoms with Crippen molar-refractivity contribution in [2.75, 3.05) is 13.2 Å². The number of unbranched alkanes of at least 4 members (excludes halogenated alkanes) is 15. The molecule has 0 aromatic heterocycles. The zero-order valence-electron chi connectivity index (χ0n) is 44.2. The number of aliphatic hydroxyl groups excluding tert-OH is 1. The number of aliphatic carboxylic acids is 1. The molecular formula is C54H111NaO7S. The van der Waals surface area contributed by atoms with Gasteiger partial charge in [0.05, 0.1) is 6.61 Å². The summed E-state index contributed by atoms with van der Waals surface area (Å²) < 4.78 is 35.1. The first-order valence-electron chi connectivity index (χ1n) is 27.0. The largest absolute Gasteiger partial charge is 1.00 e. The van der Waals surface area contributed by atoms with Gasteiger partial charge in [0.15, 0.2) is 0 Å². The van der Waals surface area contributed by atoms with Crippen LogP contribution in [0.2, 0.25) is 0 Å². The van der Waals surface area contributed by atoms with Crippen LogP contribution < -0.4 is 29.6 Å². The van der Waals surface area contributed by atoms with Gasteiger partial charge in [-0.2, -0.15) is 0 Å². The molecule has 0 rings (SSSR count). The number of carbonyl (C=O) groups is 1. The third-order valence-electron chi connectivity index (χ3n) is 13.1. The summed E-state index contributed by atoms with van der Waals surface area (Å²) in [6, 6.07) is 0. The Hall–Kier alpha value is 0.300. The predicted octanol–water partition coefficient (Wildman–Crippen LogP) is 14.4. The molecule has 7 nitrogen and oxygen atoms in total. The minimum absolute atomic E-state index is 0. The van der Waals surface area contributed by atoms with Crippen LogP contribution in [-0.2, 0) is 19.4 Å². The molecule has 0 fully saturated rings. The van der Waals surface area contributed by atoms with Gasteiger partial charge in [0.1, 0.15) is 0 Å². The van der Waals surface area contributed by atoms with E-state index in [1.807, 2.05) is 0 Å². The summed E-state index contributed by atoms with van der Waals surface area (Å²) in [6.45, 7) is 21.0. The predicted molar refractivity (Wildman–Crippen MR) is 269 cm³/mol.